The number of nitrogens with one attached hydrogen (secondary N) is 1. The summed E-state index contributed by atoms with van der Waals surface area (Å²) < 4.78 is 1.54. The van der Waals surface area contributed by atoms with Crippen LogP contribution in [0.4, 0.5) is 0 Å². The third-order valence-electron chi connectivity index (χ3n) is 2.64. The first-order chi connectivity index (χ1) is 8.13. The van der Waals surface area contributed by atoms with Gasteiger partial charge in [0.2, 0.25) is 0 Å². The predicted molar refractivity (Wildman–Crippen MR) is 69.4 cm³/mol. The van der Waals surface area contributed by atoms with E-state index in [1.165, 1.54) is 0 Å². The van der Waals surface area contributed by atoms with Crippen molar-refractivity contribution in [2.24, 2.45) is 4.99 Å². The highest BCUT2D eigenvalue weighted by atomic mass is 16.1. The molecule has 0 amide bonds. The molecule has 1 heterocycles. The van der Waals surface area contributed by atoms with Crippen molar-refractivity contribution in [3.05, 3.63) is 51.4 Å². The lowest BCUT2D eigenvalue weighted by molar-refractivity contribution is 0.834. The first-order valence-corrected chi connectivity index (χ1v) is 5.44. The molecule has 17 heavy (non-hydrogen) atoms. The van der Waals surface area contributed by atoms with Crippen molar-refractivity contribution in [2.75, 3.05) is 7.05 Å². The van der Waals surface area contributed by atoms with Gasteiger partial charge in [0.15, 0.2) is 0 Å². The van der Waals surface area contributed by atoms with E-state index in [-0.39, 0.29) is 5.56 Å². The largest absolute Gasteiger partial charge is 0.296 e. The van der Waals surface area contributed by atoms with Crippen LogP contribution in [0.25, 0.3) is 5.69 Å². The van der Waals surface area contributed by atoms with E-state index >= 15 is 0 Å². The van der Waals surface area contributed by atoms with Crippen LogP contribution < -0.4 is 5.56 Å². The molecule has 4 heteroatoms. The summed E-state index contributed by atoms with van der Waals surface area (Å²) in [6.07, 6.45) is 1.58. The lowest BCUT2D eigenvalue weighted by Gasteiger charge is -2.02. The third-order valence-corrected chi connectivity index (χ3v) is 2.64. The van der Waals surface area contributed by atoms with Crippen LogP contribution in [0.3, 0.4) is 0 Å². The van der Waals surface area contributed by atoms with Crippen molar-refractivity contribution >= 4 is 6.21 Å². The molecule has 2 rings (SSSR count). The maximum atomic E-state index is 12.1. The van der Waals surface area contributed by atoms with Crippen LogP contribution in [-0.4, -0.2) is 23.0 Å². The quantitative estimate of drug-likeness (QED) is 0.785. The van der Waals surface area contributed by atoms with Crippen molar-refractivity contribution in [1.82, 2.24) is 9.78 Å². The number of aromatic nitrogens is 2. The Bertz CT molecular complexity index is 620. The number of rotatable bonds is 2. The molecule has 0 aliphatic rings. The van der Waals surface area contributed by atoms with E-state index in [0.29, 0.717) is 5.56 Å². The number of hydrogen-bond acceptors (Lipinski definition) is 2. The normalized spacial score (nSPS) is 11.2. The van der Waals surface area contributed by atoms with E-state index in [0.717, 1.165) is 16.9 Å². The number of nitrogens with zero attached hydrogens (tertiary/aromatic N) is 2. The Balaban J connectivity index is 2.62. The van der Waals surface area contributed by atoms with Gasteiger partial charge in [-0.25, -0.2) is 4.68 Å². The molecule has 88 valence electrons. The van der Waals surface area contributed by atoms with Gasteiger partial charge in [-0.15, -0.1) is 0 Å². The molecule has 4 nitrogen and oxygen atoms in total. The molecular weight excluding hydrogens is 214 g/mol. The van der Waals surface area contributed by atoms with Crippen LogP contribution in [0, 0.1) is 13.8 Å². The Labute approximate surface area is 99.6 Å². The van der Waals surface area contributed by atoms with Gasteiger partial charge >= 0.3 is 0 Å². The van der Waals surface area contributed by atoms with E-state index in [1.807, 2.05) is 38.1 Å². The smallest absolute Gasteiger partial charge is 0.280 e. The molecule has 0 radical (unpaired) electrons. The summed E-state index contributed by atoms with van der Waals surface area (Å²) in [6, 6.07) is 7.79. The van der Waals surface area contributed by atoms with Crippen LogP contribution in [0.1, 0.15) is 16.8 Å². The van der Waals surface area contributed by atoms with Crippen molar-refractivity contribution in [3.8, 4) is 5.69 Å². The minimum Gasteiger partial charge on any atom is -0.296 e. The highest BCUT2D eigenvalue weighted by Crippen LogP contribution is 2.08. The van der Waals surface area contributed by atoms with Crippen molar-refractivity contribution in [3.63, 3.8) is 0 Å². The Morgan fingerprint density at radius 1 is 1.35 bits per heavy atom. The zero-order valence-electron chi connectivity index (χ0n) is 10.2. The number of H-pyrrole nitrogens is 1. The van der Waals surface area contributed by atoms with E-state index < -0.39 is 0 Å². The van der Waals surface area contributed by atoms with Crippen LogP contribution >= 0.6 is 0 Å². The molecule has 0 fully saturated rings. The molecule has 1 N–H and O–H groups in total. The molecule has 0 spiro atoms. The van der Waals surface area contributed by atoms with Crippen molar-refractivity contribution in [2.45, 2.75) is 13.8 Å². The summed E-state index contributed by atoms with van der Waals surface area (Å²) in [7, 11) is 1.66. The topological polar surface area (TPSA) is 50.1 Å². The van der Waals surface area contributed by atoms with Gasteiger partial charge in [0.1, 0.15) is 0 Å². The fourth-order valence-corrected chi connectivity index (χ4v) is 1.79. The monoisotopic (exact) mass is 229 g/mol. The van der Waals surface area contributed by atoms with E-state index in [2.05, 4.69) is 10.1 Å². The minimum absolute atomic E-state index is 0.0706. The van der Waals surface area contributed by atoms with Gasteiger partial charge in [0.05, 0.1) is 11.3 Å². The van der Waals surface area contributed by atoms with E-state index in [4.69, 9.17) is 0 Å². The number of aryl methyl sites for hydroxylation is 2. The number of hydrogen-bond donors (Lipinski definition) is 1. The van der Waals surface area contributed by atoms with Crippen molar-refractivity contribution < 1.29 is 0 Å². The SMILES string of the molecule is CN=Cc1c(C)[nH]n(-c2cccc(C)c2)c1=O. The summed E-state index contributed by atoms with van der Waals surface area (Å²) in [5.41, 5.74) is 3.32. The lowest BCUT2D eigenvalue weighted by atomic mass is 10.2. The van der Waals surface area contributed by atoms with Gasteiger partial charge in [0, 0.05) is 19.0 Å². The maximum absolute atomic E-state index is 12.1. The van der Waals surface area contributed by atoms with Gasteiger partial charge in [-0.05, 0) is 31.5 Å². The van der Waals surface area contributed by atoms with Crippen LogP contribution in [0.15, 0.2) is 34.1 Å². The molecule has 0 atom stereocenters. The molecule has 1 aromatic carbocycles. The van der Waals surface area contributed by atoms with Gasteiger partial charge in [-0.1, -0.05) is 12.1 Å². The molecular formula is C13H15N3O. The number of benzene rings is 1. The molecule has 2 aromatic rings. The minimum atomic E-state index is -0.0706. The first-order valence-electron chi connectivity index (χ1n) is 5.44. The Kier molecular flexibility index (Phi) is 2.95. The van der Waals surface area contributed by atoms with Crippen LogP contribution in [0.5, 0.6) is 0 Å². The predicted octanol–water partition coefficient (Wildman–Crippen LogP) is 1.83. The first kappa shape index (κ1) is 11.4. The Hall–Kier alpha value is -2.10. The molecule has 0 saturated heterocycles. The number of aliphatic imine (C=N–C) groups is 1. The third kappa shape index (κ3) is 2.06. The Morgan fingerprint density at radius 3 is 2.76 bits per heavy atom. The van der Waals surface area contributed by atoms with Gasteiger partial charge in [-0.2, -0.15) is 0 Å². The lowest BCUT2D eigenvalue weighted by Crippen LogP contribution is -2.17. The second-order valence-corrected chi connectivity index (χ2v) is 4.02. The molecule has 0 unspecified atom stereocenters. The average Bonchev–Trinajstić information content (AvgIpc) is 2.57. The zero-order valence-corrected chi connectivity index (χ0v) is 10.2. The zero-order chi connectivity index (χ0) is 12.4. The standard InChI is InChI=1S/C13H15N3O/c1-9-5-4-6-11(7-9)16-13(17)12(8-14-3)10(2)15-16/h4-8,15H,1-3H3. The Morgan fingerprint density at radius 2 is 2.12 bits per heavy atom. The van der Waals surface area contributed by atoms with Crippen LogP contribution in [0.2, 0.25) is 0 Å². The molecule has 0 aliphatic carbocycles. The van der Waals surface area contributed by atoms with Crippen LogP contribution in [-0.2, 0) is 0 Å². The van der Waals surface area contributed by atoms with Crippen molar-refractivity contribution in [1.29, 1.82) is 0 Å². The summed E-state index contributed by atoms with van der Waals surface area (Å²) in [4.78, 5) is 16.0. The highest BCUT2D eigenvalue weighted by Gasteiger charge is 2.09. The summed E-state index contributed by atoms with van der Waals surface area (Å²) in [5.74, 6) is 0. The van der Waals surface area contributed by atoms with Gasteiger partial charge in [0.25, 0.3) is 5.56 Å². The van der Waals surface area contributed by atoms with Gasteiger partial charge in [-0.3, -0.25) is 14.9 Å². The highest BCUT2D eigenvalue weighted by molar-refractivity contribution is 5.80. The second-order valence-electron chi connectivity index (χ2n) is 4.02. The fraction of sp³-hybridized carbons (Fsp3) is 0.231. The number of aromatic amines is 1. The molecule has 0 aliphatic heterocycles. The molecule has 0 bridgehead atoms. The second kappa shape index (κ2) is 4.41. The average molecular weight is 229 g/mol. The van der Waals surface area contributed by atoms with Gasteiger partial charge < -0.3 is 0 Å². The molecule has 1 aromatic heterocycles. The van der Waals surface area contributed by atoms with E-state index in [9.17, 15) is 4.79 Å². The summed E-state index contributed by atoms with van der Waals surface area (Å²) in [5, 5.41) is 3.05. The molecule has 0 saturated carbocycles. The summed E-state index contributed by atoms with van der Waals surface area (Å²) >= 11 is 0. The fourth-order valence-electron chi connectivity index (χ4n) is 1.79. The summed E-state index contributed by atoms with van der Waals surface area (Å²) in [6.45, 7) is 3.86. The maximum Gasteiger partial charge on any atom is 0.280 e. The van der Waals surface area contributed by atoms with E-state index in [1.54, 1.807) is 17.9 Å².